The van der Waals surface area contributed by atoms with Gasteiger partial charge in [0.1, 0.15) is 5.75 Å². The van der Waals surface area contributed by atoms with E-state index < -0.39 is 6.61 Å². The number of anilines is 1. The van der Waals surface area contributed by atoms with E-state index in [0.29, 0.717) is 28.0 Å². The van der Waals surface area contributed by atoms with Crippen LogP contribution in [0.1, 0.15) is 11.1 Å². The normalized spacial score (nSPS) is 11.2. The molecule has 1 amide bonds. The number of halogens is 4. The number of aromatic nitrogens is 2. The molecule has 1 aromatic heterocycles. The van der Waals surface area contributed by atoms with E-state index >= 15 is 0 Å². The van der Waals surface area contributed by atoms with Gasteiger partial charge in [-0.15, -0.1) is 0 Å². The molecule has 2 aromatic carbocycles. The van der Waals surface area contributed by atoms with Crippen LogP contribution in [0.4, 0.5) is 14.6 Å². The average Bonchev–Trinajstić information content (AvgIpc) is 3.10. The standard InChI is InChI=1S/C20H15Cl2F2N3O2/c21-16-7-3-14(11-17(16)22)12-27-10-9-18(26-27)25-19(28)8-4-13-1-5-15(6-2-13)29-20(23)24/h1-11,20H,12H2,(H,25,26,28)/b8-4-. The zero-order chi connectivity index (χ0) is 20.8. The van der Waals surface area contributed by atoms with Crippen LogP contribution in [0.2, 0.25) is 10.0 Å². The van der Waals surface area contributed by atoms with Gasteiger partial charge in [0.15, 0.2) is 5.82 Å². The minimum Gasteiger partial charge on any atom is -0.435 e. The fourth-order valence-electron chi connectivity index (χ4n) is 2.44. The van der Waals surface area contributed by atoms with Crippen molar-refractivity contribution in [3.05, 3.63) is 82.0 Å². The Kier molecular flexibility index (Phi) is 6.85. The molecule has 9 heteroatoms. The molecule has 150 valence electrons. The molecule has 0 aliphatic rings. The van der Waals surface area contributed by atoms with E-state index in [-0.39, 0.29) is 11.7 Å². The van der Waals surface area contributed by atoms with Crippen molar-refractivity contribution in [1.29, 1.82) is 0 Å². The third-order valence-electron chi connectivity index (χ3n) is 3.75. The van der Waals surface area contributed by atoms with E-state index in [1.54, 1.807) is 47.3 Å². The number of rotatable bonds is 7. The van der Waals surface area contributed by atoms with Gasteiger partial charge in [0.2, 0.25) is 5.91 Å². The van der Waals surface area contributed by atoms with Crippen LogP contribution in [0.15, 0.2) is 60.8 Å². The Hall–Kier alpha value is -2.90. The quantitative estimate of drug-likeness (QED) is 0.497. The third-order valence-corrected chi connectivity index (χ3v) is 4.49. The van der Waals surface area contributed by atoms with Crippen LogP contribution in [0.5, 0.6) is 5.75 Å². The van der Waals surface area contributed by atoms with Crippen LogP contribution in [-0.4, -0.2) is 22.3 Å². The van der Waals surface area contributed by atoms with Crippen LogP contribution >= 0.6 is 23.2 Å². The van der Waals surface area contributed by atoms with Gasteiger partial charge < -0.3 is 10.1 Å². The Balaban J connectivity index is 1.55. The van der Waals surface area contributed by atoms with Gasteiger partial charge in [-0.2, -0.15) is 13.9 Å². The summed E-state index contributed by atoms with van der Waals surface area (Å²) in [6.07, 6.45) is 4.60. The largest absolute Gasteiger partial charge is 0.435 e. The third kappa shape index (κ3) is 6.30. The molecule has 0 saturated heterocycles. The second kappa shape index (κ2) is 9.54. The number of hydrogen-bond acceptors (Lipinski definition) is 3. The summed E-state index contributed by atoms with van der Waals surface area (Å²) in [5.74, 6) is 0.0622. The van der Waals surface area contributed by atoms with Crippen molar-refractivity contribution >= 4 is 41.0 Å². The molecule has 0 aliphatic heterocycles. The fraction of sp³-hybridized carbons (Fsp3) is 0.100. The molecule has 0 atom stereocenters. The Morgan fingerprint density at radius 2 is 1.90 bits per heavy atom. The number of carbonyl (C=O) groups is 1. The van der Waals surface area contributed by atoms with Gasteiger partial charge in [-0.05, 0) is 41.5 Å². The number of benzene rings is 2. The predicted octanol–water partition coefficient (Wildman–Crippen LogP) is 5.49. The maximum Gasteiger partial charge on any atom is 0.387 e. The highest BCUT2D eigenvalue weighted by Gasteiger charge is 2.05. The fourth-order valence-corrected chi connectivity index (χ4v) is 2.76. The molecular weight excluding hydrogens is 423 g/mol. The summed E-state index contributed by atoms with van der Waals surface area (Å²) in [7, 11) is 0. The van der Waals surface area contributed by atoms with Crippen LogP contribution in [0, 0.1) is 0 Å². The SMILES string of the molecule is O=C(/C=C\c1ccc(OC(F)F)cc1)Nc1ccn(Cc2ccc(Cl)c(Cl)c2)n1. The number of hydrogen-bond donors (Lipinski definition) is 1. The molecular formula is C20H15Cl2F2N3O2. The van der Waals surface area contributed by atoms with Gasteiger partial charge in [-0.1, -0.05) is 41.4 Å². The summed E-state index contributed by atoms with van der Waals surface area (Å²) in [5, 5.41) is 7.87. The minimum absolute atomic E-state index is 0.0501. The lowest BCUT2D eigenvalue weighted by Gasteiger charge is -2.04. The molecule has 1 N–H and O–H groups in total. The first-order valence-electron chi connectivity index (χ1n) is 8.40. The lowest BCUT2D eigenvalue weighted by atomic mass is 10.2. The monoisotopic (exact) mass is 437 g/mol. The second-order valence-corrected chi connectivity index (χ2v) is 6.73. The van der Waals surface area contributed by atoms with Crippen molar-refractivity contribution in [2.75, 3.05) is 5.32 Å². The Labute approximate surface area is 175 Å². The Bertz CT molecular complexity index is 1020. The van der Waals surface area contributed by atoms with Gasteiger partial charge in [0, 0.05) is 18.3 Å². The summed E-state index contributed by atoms with van der Waals surface area (Å²) in [4.78, 5) is 12.0. The number of ether oxygens (including phenoxy) is 1. The molecule has 0 aliphatic carbocycles. The summed E-state index contributed by atoms with van der Waals surface area (Å²) in [6, 6.07) is 12.9. The second-order valence-electron chi connectivity index (χ2n) is 5.92. The minimum atomic E-state index is -2.88. The Morgan fingerprint density at radius 1 is 1.14 bits per heavy atom. The van der Waals surface area contributed by atoms with E-state index in [1.807, 2.05) is 6.07 Å². The number of nitrogens with zero attached hydrogens (tertiary/aromatic N) is 2. The van der Waals surface area contributed by atoms with E-state index in [2.05, 4.69) is 15.2 Å². The highest BCUT2D eigenvalue weighted by molar-refractivity contribution is 6.42. The molecule has 0 radical (unpaired) electrons. The average molecular weight is 438 g/mol. The summed E-state index contributed by atoms with van der Waals surface area (Å²) in [6.45, 7) is -2.41. The first kappa shape index (κ1) is 20.8. The summed E-state index contributed by atoms with van der Waals surface area (Å²) < 4.78 is 30.2. The molecule has 5 nitrogen and oxygen atoms in total. The van der Waals surface area contributed by atoms with E-state index in [1.165, 1.54) is 18.2 Å². The zero-order valence-corrected chi connectivity index (χ0v) is 16.4. The highest BCUT2D eigenvalue weighted by Crippen LogP contribution is 2.23. The van der Waals surface area contributed by atoms with Crippen LogP contribution in [0.3, 0.4) is 0 Å². The summed E-state index contributed by atoms with van der Waals surface area (Å²) in [5.41, 5.74) is 1.58. The number of amides is 1. The molecule has 3 aromatic rings. The maximum atomic E-state index is 12.1. The van der Waals surface area contributed by atoms with Crippen molar-refractivity contribution in [2.45, 2.75) is 13.2 Å². The highest BCUT2D eigenvalue weighted by atomic mass is 35.5. The molecule has 1 heterocycles. The first-order valence-corrected chi connectivity index (χ1v) is 9.16. The topological polar surface area (TPSA) is 56.1 Å². The lowest BCUT2D eigenvalue weighted by Crippen LogP contribution is -2.09. The molecule has 0 spiro atoms. The molecule has 0 unspecified atom stereocenters. The maximum absolute atomic E-state index is 12.1. The van der Waals surface area contributed by atoms with Crippen molar-refractivity contribution in [3.63, 3.8) is 0 Å². The van der Waals surface area contributed by atoms with Crippen molar-refractivity contribution < 1.29 is 18.3 Å². The van der Waals surface area contributed by atoms with Crippen LogP contribution in [0.25, 0.3) is 6.08 Å². The summed E-state index contributed by atoms with van der Waals surface area (Å²) >= 11 is 11.9. The van der Waals surface area contributed by atoms with Gasteiger partial charge in [-0.3, -0.25) is 9.48 Å². The lowest BCUT2D eigenvalue weighted by molar-refractivity contribution is -0.111. The smallest absolute Gasteiger partial charge is 0.387 e. The van der Waals surface area contributed by atoms with E-state index in [4.69, 9.17) is 23.2 Å². The number of alkyl halides is 2. The Morgan fingerprint density at radius 3 is 2.59 bits per heavy atom. The van der Waals surface area contributed by atoms with Crippen molar-refractivity contribution in [3.8, 4) is 5.75 Å². The number of carbonyl (C=O) groups excluding carboxylic acids is 1. The van der Waals surface area contributed by atoms with Gasteiger partial charge in [-0.25, -0.2) is 0 Å². The van der Waals surface area contributed by atoms with Gasteiger partial charge in [0.25, 0.3) is 0 Å². The van der Waals surface area contributed by atoms with Crippen molar-refractivity contribution in [2.24, 2.45) is 0 Å². The molecule has 29 heavy (non-hydrogen) atoms. The van der Waals surface area contributed by atoms with Crippen molar-refractivity contribution in [1.82, 2.24) is 9.78 Å². The zero-order valence-electron chi connectivity index (χ0n) is 14.9. The van der Waals surface area contributed by atoms with Gasteiger partial charge >= 0.3 is 6.61 Å². The molecule has 0 fully saturated rings. The van der Waals surface area contributed by atoms with Gasteiger partial charge in [0.05, 0.1) is 16.6 Å². The molecule has 0 bridgehead atoms. The van der Waals surface area contributed by atoms with Crippen LogP contribution in [-0.2, 0) is 11.3 Å². The predicted molar refractivity (Wildman–Crippen MR) is 109 cm³/mol. The first-order chi connectivity index (χ1) is 13.9. The van der Waals surface area contributed by atoms with E-state index in [0.717, 1.165) is 5.56 Å². The number of nitrogens with one attached hydrogen (secondary N) is 1. The van der Waals surface area contributed by atoms with Crippen LogP contribution < -0.4 is 10.1 Å². The molecule has 0 saturated carbocycles. The molecule has 3 rings (SSSR count). The van der Waals surface area contributed by atoms with E-state index in [9.17, 15) is 13.6 Å².